The smallest absolute Gasteiger partial charge is 0.157 e. The largest absolute Gasteiger partial charge is 0.496 e. The van der Waals surface area contributed by atoms with Crippen LogP contribution in [-0.4, -0.2) is 27.1 Å². The average molecular weight is 209 g/mol. The lowest BCUT2D eigenvalue weighted by atomic mass is 10.1. The van der Waals surface area contributed by atoms with E-state index >= 15 is 0 Å². The van der Waals surface area contributed by atoms with Gasteiger partial charge >= 0.3 is 0 Å². The normalized spacial score (nSPS) is 9.53. The van der Waals surface area contributed by atoms with Crippen molar-refractivity contribution in [2.75, 3.05) is 26.1 Å². The third-order valence-electron chi connectivity index (χ3n) is 2.04. The lowest BCUT2D eigenvalue weighted by Crippen LogP contribution is -2.01. The minimum absolute atomic E-state index is 0.432. The fourth-order valence-corrected chi connectivity index (χ4v) is 1.36. The van der Waals surface area contributed by atoms with E-state index in [1.807, 2.05) is 6.92 Å². The average Bonchev–Trinajstić information content (AvgIpc) is 2.28. The van der Waals surface area contributed by atoms with Crippen molar-refractivity contribution in [2.45, 2.75) is 6.92 Å². The first-order valence-electron chi connectivity index (χ1n) is 4.71. The number of nitrogens with one attached hydrogen (secondary N) is 1. The molecule has 1 aromatic rings. The van der Waals surface area contributed by atoms with Crippen LogP contribution in [-0.2, 0) is 0 Å². The number of carbonyl (C=O) groups is 1. The predicted molar refractivity (Wildman–Crippen MR) is 59.1 cm³/mol. The first kappa shape index (κ1) is 11.4. The number of benzene rings is 1. The van der Waals surface area contributed by atoms with Gasteiger partial charge in [-0.15, -0.1) is 0 Å². The van der Waals surface area contributed by atoms with Gasteiger partial charge in [0.15, 0.2) is 6.29 Å². The summed E-state index contributed by atoms with van der Waals surface area (Å²) in [5.74, 6) is 1.03. The van der Waals surface area contributed by atoms with Crippen molar-refractivity contribution in [3.05, 3.63) is 17.7 Å². The number of aldehydes is 1. The number of methoxy groups -OCH3 is 2. The molecule has 4 nitrogen and oxygen atoms in total. The molecule has 0 fully saturated rings. The Morgan fingerprint density at radius 2 is 1.80 bits per heavy atom. The summed E-state index contributed by atoms with van der Waals surface area (Å²) in [6.45, 7) is 2.79. The molecule has 0 amide bonds. The van der Waals surface area contributed by atoms with Gasteiger partial charge in [-0.1, -0.05) is 0 Å². The molecule has 0 bridgehead atoms. The number of ether oxygens (including phenoxy) is 2. The van der Waals surface area contributed by atoms with Gasteiger partial charge in [0.2, 0.25) is 0 Å². The van der Waals surface area contributed by atoms with E-state index in [1.54, 1.807) is 12.1 Å². The van der Waals surface area contributed by atoms with E-state index in [-0.39, 0.29) is 0 Å². The van der Waals surface area contributed by atoms with Crippen LogP contribution >= 0.6 is 0 Å². The summed E-state index contributed by atoms with van der Waals surface area (Å²) in [6, 6.07) is 3.55. The fraction of sp³-hybridized carbons (Fsp3) is 0.364. The van der Waals surface area contributed by atoms with E-state index in [1.165, 1.54) is 14.2 Å². The molecule has 4 heteroatoms. The van der Waals surface area contributed by atoms with Crippen molar-refractivity contribution in [1.29, 1.82) is 0 Å². The van der Waals surface area contributed by atoms with Crippen LogP contribution in [0.15, 0.2) is 12.1 Å². The number of anilines is 1. The van der Waals surface area contributed by atoms with E-state index < -0.39 is 0 Å². The van der Waals surface area contributed by atoms with Crippen molar-refractivity contribution in [1.82, 2.24) is 0 Å². The number of hydrogen-bond donors (Lipinski definition) is 1. The molecule has 0 radical (unpaired) electrons. The summed E-state index contributed by atoms with van der Waals surface area (Å²) in [7, 11) is 3.05. The van der Waals surface area contributed by atoms with E-state index in [4.69, 9.17) is 9.47 Å². The molecule has 0 atom stereocenters. The van der Waals surface area contributed by atoms with Crippen LogP contribution in [0.5, 0.6) is 11.5 Å². The first-order valence-corrected chi connectivity index (χ1v) is 4.71. The maximum Gasteiger partial charge on any atom is 0.157 e. The summed E-state index contributed by atoms with van der Waals surface area (Å²) in [4.78, 5) is 10.9. The second-order valence-corrected chi connectivity index (χ2v) is 2.94. The third-order valence-corrected chi connectivity index (χ3v) is 2.04. The summed E-state index contributed by atoms with van der Waals surface area (Å²) in [6.07, 6.45) is 0.730. The molecule has 0 saturated heterocycles. The number of rotatable bonds is 5. The Morgan fingerprint density at radius 3 is 2.13 bits per heavy atom. The first-order chi connectivity index (χ1) is 7.26. The molecule has 0 spiro atoms. The zero-order valence-electron chi connectivity index (χ0n) is 9.16. The second kappa shape index (κ2) is 5.24. The maximum atomic E-state index is 10.9. The Labute approximate surface area is 89.2 Å². The highest BCUT2D eigenvalue weighted by Gasteiger charge is 2.11. The standard InChI is InChI=1S/C11H15NO3/c1-4-12-8-5-10(14-2)9(7-13)11(6-8)15-3/h5-7,12H,4H2,1-3H3. The maximum absolute atomic E-state index is 10.9. The van der Waals surface area contributed by atoms with Crippen LogP contribution in [0.2, 0.25) is 0 Å². The quantitative estimate of drug-likeness (QED) is 0.753. The molecular formula is C11H15NO3. The van der Waals surface area contributed by atoms with Gasteiger partial charge in [0, 0.05) is 24.4 Å². The molecular weight excluding hydrogens is 194 g/mol. The van der Waals surface area contributed by atoms with Gasteiger partial charge in [0.1, 0.15) is 11.5 Å². The molecule has 1 rings (SSSR count). The van der Waals surface area contributed by atoms with Gasteiger partial charge in [-0.05, 0) is 6.92 Å². The van der Waals surface area contributed by atoms with Gasteiger partial charge in [0.05, 0.1) is 19.8 Å². The fourth-order valence-electron chi connectivity index (χ4n) is 1.36. The summed E-state index contributed by atoms with van der Waals surface area (Å²) >= 11 is 0. The lowest BCUT2D eigenvalue weighted by Gasteiger charge is -2.12. The summed E-state index contributed by atoms with van der Waals surface area (Å²) in [5, 5.41) is 3.13. The van der Waals surface area contributed by atoms with E-state index in [2.05, 4.69) is 5.32 Å². The Bertz CT molecular complexity index is 325. The zero-order valence-corrected chi connectivity index (χ0v) is 9.16. The van der Waals surface area contributed by atoms with E-state index in [0.29, 0.717) is 17.1 Å². The molecule has 0 unspecified atom stereocenters. The highest BCUT2D eigenvalue weighted by molar-refractivity contribution is 5.85. The highest BCUT2D eigenvalue weighted by atomic mass is 16.5. The molecule has 0 aliphatic heterocycles. The molecule has 0 aromatic heterocycles. The predicted octanol–water partition coefficient (Wildman–Crippen LogP) is 1.95. The topological polar surface area (TPSA) is 47.6 Å². The summed E-state index contributed by atoms with van der Waals surface area (Å²) < 4.78 is 10.2. The molecule has 1 aromatic carbocycles. The van der Waals surface area contributed by atoms with Crippen molar-refractivity contribution in [2.24, 2.45) is 0 Å². The zero-order chi connectivity index (χ0) is 11.3. The van der Waals surface area contributed by atoms with Crippen molar-refractivity contribution in [3.8, 4) is 11.5 Å². The molecule has 82 valence electrons. The Hall–Kier alpha value is -1.71. The van der Waals surface area contributed by atoms with Crippen LogP contribution in [0.1, 0.15) is 17.3 Å². The van der Waals surface area contributed by atoms with Crippen LogP contribution in [0.25, 0.3) is 0 Å². The molecule has 0 aliphatic carbocycles. The molecule has 0 heterocycles. The van der Waals surface area contributed by atoms with Gasteiger partial charge in [0.25, 0.3) is 0 Å². The minimum Gasteiger partial charge on any atom is -0.496 e. The molecule has 0 saturated carbocycles. The van der Waals surface area contributed by atoms with Gasteiger partial charge in [-0.25, -0.2) is 0 Å². The monoisotopic (exact) mass is 209 g/mol. The van der Waals surface area contributed by atoms with Gasteiger partial charge in [-0.3, -0.25) is 4.79 Å². The SMILES string of the molecule is CCNc1cc(OC)c(C=O)c(OC)c1. The Balaban J connectivity index is 3.22. The van der Waals surface area contributed by atoms with E-state index in [9.17, 15) is 4.79 Å². The van der Waals surface area contributed by atoms with Crippen LogP contribution in [0, 0.1) is 0 Å². The number of hydrogen-bond acceptors (Lipinski definition) is 4. The second-order valence-electron chi connectivity index (χ2n) is 2.94. The van der Waals surface area contributed by atoms with E-state index in [0.717, 1.165) is 18.5 Å². The lowest BCUT2D eigenvalue weighted by molar-refractivity contribution is 0.111. The van der Waals surface area contributed by atoms with Crippen molar-refractivity contribution >= 4 is 12.0 Å². The number of carbonyl (C=O) groups excluding carboxylic acids is 1. The van der Waals surface area contributed by atoms with Crippen LogP contribution in [0.4, 0.5) is 5.69 Å². The highest BCUT2D eigenvalue weighted by Crippen LogP contribution is 2.31. The van der Waals surface area contributed by atoms with Gasteiger partial charge in [-0.2, -0.15) is 0 Å². The minimum atomic E-state index is 0.432. The van der Waals surface area contributed by atoms with Gasteiger partial charge < -0.3 is 14.8 Å². The molecule has 15 heavy (non-hydrogen) atoms. The third kappa shape index (κ3) is 2.40. The Morgan fingerprint density at radius 1 is 1.27 bits per heavy atom. The van der Waals surface area contributed by atoms with Crippen LogP contribution < -0.4 is 14.8 Å². The summed E-state index contributed by atoms with van der Waals surface area (Å²) in [5.41, 5.74) is 1.30. The van der Waals surface area contributed by atoms with Crippen LogP contribution in [0.3, 0.4) is 0 Å². The van der Waals surface area contributed by atoms with Crippen molar-refractivity contribution in [3.63, 3.8) is 0 Å². The molecule has 0 aliphatic rings. The molecule has 1 N–H and O–H groups in total. The Kier molecular flexibility index (Phi) is 3.97. The van der Waals surface area contributed by atoms with Crippen molar-refractivity contribution < 1.29 is 14.3 Å².